The molecule has 0 saturated carbocycles. The smallest absolute Gasteiger partial charge is 0.230 e. The molecule has 1 aromatic carbocycles. The Bertz CT molecular complexity index is 335. The first kappa shape index (κ1) is 9.73. The second-order valence-electron chi connectivity index (χ2n) is 2.53. The van der Waals surface area contributed by atoms with Gasteiger partial charge in [0, 0.05) is 10.6 Å². The number of benzene rings is 1. The minimum Gasteiger partial charge on any atom is -0.399 e. The van der Waals surface area contributed by atoms with Crippen molar-refractivity contribution in [3.63, 3.8) is 0 Å². The van der Waals surface area contributed by atoms with Gasteiger partial charge >= 0.3 is 0 Å². The summed E-state index contributed by atoms with van der Waals surface area (Å²) in [7, 11) is -1.35. The van der Waals surface area contributed by atoms with E-state index in [1.165, 1.54) is 0 Å². The molecule has 0 spiro atoms. The summed E-state index contributed by atoms with van der Waals surface area (Å²) < 4.78 is 11.3. The quantitative estimate of drug-likeness (QED) is 0.663. The van der Waals surface area contributed by atoms with Gasteiger partial charge in [-0.1, -0.05) is 0 Å². The summed E-state index contributed by atoms with van der Waals surface area (Å²) in [6.07, 6.45) is 0. The fourth-order valence-electron chi connectivity index (χ4n) is 0.832. The van der Waals surface area contributed by atoms with Gasteiger partial charge in [0.15, 0.2) is 0 Å². The molecule has 70 valence electrons. The number of nitrogen functional groups attached to an aromatic ring is 1. The van der Waals surface area contributed by atoms with Crippen molar-refractivity contribution >= 4 is 22.4 Å². The van der Waals surface area contributed by atoms with Gasteiger partial charge in [0.2, 0.25) is 5.91 Å². The standard InChI is InChI=1S/C8H10N2O2S/c9-6-1-3-7(4-2-6)13(12)5-8(10)11/h1-4H,5,9H2,(H2,10,11). The topological polar surface area (TPSA) is 86.2 Å². The Kier molecular flexibility index (Phi) is 3.02. The molecule has 0 radical (unpaired) electrons. The molecule has 4 N–H and O–H groups in total. The Labute approximate surface area is 78.4 Å². The van der Waals surface area contributed by atoms with Gasteiger partial charge in [-0.15, -0.1) is 0 Å². The molecule has 0 aromatic heterocycles. The van der Waals surface area contributed by atoms with Crippen molar-refractivity contribution in [2.45, 2.75) is 4.90 Å². The van der Waals surface area contributed by atoms with Gasteiger partial charge in [-0.3, -0.25) is 9.00 Å². The largest absolute Gasteiger partial charge is 0.399 e. The fraction of sp³-hybridized carbons (Fsp3) is 0.125. The average Bonchev–Trinajstić information content (AvgIpc) is 2.04. The van der Waals surface area contributed by atoms with E-state index in [0.29, 0.717) is 10.6 Å². The Morgan fingerprint density at radius 3 is 2.31 bits per heavy atom. The number of primary amides is 1. The van der Waals surface area contributed by atoms with Gasteiger partial charge in [0.1, 0.15) is 5.75 Å². The SMILES string of the molecule is NC(=O)CS(=O)c1ccc(N)cc1. The minimum absolute atomic E-state index is 0.149. The Hall–Kier alpha value is -1.36. The normalized spacial score (nSPS) is 12.3. The lowest BCUT2D eigenvalue weighted by Gasteiger charge is -1.99. The van der Waals surface area contributed by atoms with Crippen LogP contribution in [0.4, 0.5) is 5.69 Å². The number of carbonyl (C=O) groups is 1. The van der Waals surface area contributed by atoms with Crippen molar-refractivity contribution in [1.82, 2.24) is 0 Å². The number of anilines is 1. The number of carbonyl (C=O) groups excluding carboxylic acids is 1. The molecule has 0 fully saturated rings. The summed E-state index contributed by atoms with van der Waals surface area (Å²) in [6.45, 7) is 0. The van der Waals surface area contributed by atoms with Crippen molar-refractivity contribution in [3.8, 4) is 0 Å². The van der Waals surface area contributed by atoms with E-state index in [1.54, 1.807) is 24.3 Å². The van der Waals surface area contributed by atoms with Crippen molar-refractivity contribution < 1.29 is 9.00 Å². The van der Waals surface area contributed by atoms with Crippen LogP contribution in [-0.4, -0.2) is 15.9 Å². The Morgan fingerprint density at radius 2 is 1.85 bits per heavy atom. The number of nitrogens with two attached hydrogens (primary N) is 2. The second-order valence-corrected chi connectivity index (χ2v) is 3.98. The number of hydrogen-bond acceptors (Lipinski definition) is 3. The van der Waals surface area contributed by atoms with Crippen LogP contribution in [0.2, 0.25) is 0 Å². The van der Waals surface area contributed by atoms with Crippen molar-refractivity contribution in [1.29, 1.82) is 0 Å². The first-order chi connectivity index (χ1) is 6.09. The van der Waals surface area contributed by atoms with Crippen LogP contribution in [0, 0.1) is 0 Å². The highest BCUT2D eigenvalue weighted by Crippen LogP contribution is 2.09. The minimum atomic E-state index is -1.35. The van der Waals surface area contributed by atoms with E-state index >= 15 is 0 Å². The maximum atomic E-state index is 11.3. The molecular weight excluding hydrogens is 188 g/mol. The molecule has 1 amide bonds. The lowest BCUT2D eigenvalue weighted by molar-refractivity contribution is -0.115. The zero-order valence-electron chi connectivity index (χ0n) is 6.90. The highest BCUT2D eigenvalue weighted by atomic mass is 32.2. The molecule has 0 heterocycles. The number of hydrogen-bond donors (Lipinski definition) is 2. The predicted molar refractivity (Wildman–Crippen MR) is 51.3 cm³/mol. The van der Waals surface area contributed by atoms with Crippen LogP contribution in [-0.2, 0) is 15.6 Å². The van der Waals surface area contributed by atoms with Gasteiger partial charge in [-0.05, 0) is 24.3 Å². The van der Waals surface area contributed by atoms with Gasteiger partial charge in [0.05, 0.1) is 10.8 Å². The Morgan fingerprint density at radius 1 is 1.31 bits per heavy atom. The van der Waals surface area contributed by atoms with Crippen LogP contribution in [0.25, 0.3) is 0 Å². The summed E-state index contributed by atoms with van der Waals surface area (Å²) >= 11 is 0. The highest BCUT2D eigenvalue weighted by Gasteiger charge is 2.06. The summed E-state index contributed by atoms with van der Waals surface area (Å²) in [5, 5.41) is 0. The molecule has 13 heavy (non-hydrogen) atoms. The van der Waals surface area contributed by atoms with E-state index in [9.17, 15) is 9.00 Å². The van der Waals surface area contributed by atoms with E-state index < -0.39 is 16.7 Å². The summed E-state index contributed by atoms with van der Waals surface area (Å²) in [6, 6.07) is 6.51. The zero-order valence-corrected chi connectivity index (χ0v) is 7.71. The molecular formula is C8H10N2O2S. The van der Waals surface area contributed by atoms with Crippen LogP contribution in [0.5, 0.6) is 0 Å². The zero-order chi connectivity index (χ0) is 9.84. The van der Waals surface area contributed by atoms with Crippen molar-refractivity contribution in [2.24, 2.45) is 5.73 Å². The summed E-state index contributed by atoms with van der Waals surface area (Å²) in [4.78, 5) is 11.0. The van der Waals surface area contributed by atoms with Crippen LogP contribution in [0.15, 0.2) is 29.2 Å². The molecule has 1 aromatic rings. The molecule has 1 rings (SSSR count). The first-order valence-electron chi connectivity index (χ1n) is 3.62. The van der Waals surface area contributed by atoms with Crippen LogP contribution in [0.3, 0.4) is 0 Å². The number of amides is 1. The third-order valence-electron chi connectivity index (χ3n) is 1.42. The van der Waals surface area contributed by atoms with Crippen LogP contribution < -0.4 is 11.5 Å². The molecule has 5 heteroatoms. The van der Waals surface area contributed by atoms with E-state index in [2.05, 4.69) is 0 Å². The predicted octanol–water partition coefficient (Wildman–Crippen LogP) is -0.138. The molecule has 1 unspecified atom stereocenters. The molecule has 1 atom stereocenters. The summed E-state index contributed by atoms with van der Waals surface area (Å²) in [5.74, 6) is -0.723. The molecule has 4 nitrogen and oxygen atoms in total. The monoisotopic (exact) mass is 198 g/mol. The molecule has 0 aliphatic carbocycles. The number of rotatable bonds is 3. The fourth-order valence-corrected chi connectivity index (χ4v) is 1.70. The van der Waals surface area contributed by atoms with Gasteiger partial charge in [0.25, 0.3) is 0 Å². The first-order valence-corrected chi connectivity index (χ1v) is 4.93. The van der Waals surface area contributed by atoms with Crippen molar-refractivity contribution in [2.75, 3.05) is 11.5 Å². The van der Waals surface area contributed by atoms with E-state index in [1.807, 2.05) is 0 Å². The second kappa shape index (κ2) is 4.04. The molecule has 0 aliphatic rings. The highest BCUT2D eigenvalue weighted by molar-refractivity contribution is 7.85. The average molecular weight is 198 g/mol. The third-order valence-corrected chi connectivity index (χ3v) is 2.76. The summed E-state index contributed by atoms with van der Waals surface area (Å²) in [5.41, 5.74) is 10.9. The lowest BCUT2D eigenvalue weighted by Crippen LogP contribution is -2.19. The lowest BCUT2D eigenvalue weighted by atomic mass is 10.3. The van der Waals surface area contributed by atoms with Crippen molar-refractivity contribution in [3.05, 3.63) is 24.3 Å². The third kappa shape index (κ3) is 2.87. The van der Waals surface area contributed by atoms with Crippen LogP contribution >= 0.6 is 0 Å². The van der Waals surface area contributed by atoms with Gasteiger partial charge < -0.3 is 11.5 Å². The van der Waals surface area contributed by atoms with Gasteiger partial charge in [-0.25, -0.2) is 0 Å². The van der Waals surface area contributed by atoms with Gasteiger partial charge in [-0.2, -0.15) is 0 Å². The maximum absolute atomic E-state index is 11.3. The molecule has 0 bridgehead atoms. The van der Waals surface area contributed by atoms with E-state index in [-0.39, 0.29) is 5.75 Å². The maximum Gasteiger partial charge on any atom is 0.230 e. The molecule has 0 saturated heterocycles. The Balaban J connectivity index is 2.78. The molecule has 0 aliphatic heterocycles. The van der Waals surface area contributed by atoms with E-state index in [4.69, 9.17) is 11.5 Å². The van der Waals surface area contributed by atoms with Crippen LogP contribution in [0.1, 0.15) is 0 Å². The van der Waals surface area contributed by atoms with E-state index in [0.717, 1.165) is 0 Å².